The molecule has 0 unspecified atom stereocenters. The van der Waals surface area contributed by atoms with Crippen LogP contribution in [-0.2, 0) is 5.41 Å². The molecular weight excluding hydrogens is 238 g/mol. The highest BCUT2D eigenvalue weighted by atomic mass is 16.3. The lowest BCUT2D eigenvalue weighted by atomic mass is 9.86. The van der Waals surface area contributed by atoms with E-state index in [1.165, 1.54) is 5.56 Å². The Kier molecular flexibility index (Phi) is 3.80. The summed E-state index contributed by atoms with van der Waals surface area (Å²) in [6, 6.07) is 4.26. The summed E-state index contributed by atoms with van der Waals surface area (Å²) in [5, 5.41) is 10.1. The number of pyridine rings is 1. The Morgan fingerprint density at radius 3 is 2.74 bits per heavy atom. The van der Waals surface area contributed by atoms with Crippen LogP contribution in [0.25, 0.3) is 11.0 Å². The maximum absolute atomic E-state index is 8.98. The van der Waals surface area contributed by atoms with E-state index >= 15 is 0 Å². The highest BCUT2D eigenvalue weighted by molar-refractivity contribution is 5.79. The molecule has 2 aromatic rings. The van der Waals surface area contributed by atoms with Crippen molar-refractivity contribution in [3.8, 4) is 0 Å². The third kappa shape index (κ3) is 2.89. The number of hydrogen-bond donors (Lipinski definition) is 2. The van der Waals surface area contributed by atoms with E-state index in [1.54, 1.807) is 0 Å². The van der Waals surface area contributed by atoms with E-state index in [0.717, 1.165) is 29.8 Å². The molecule has 0 bridgehead atoms. The highest BCUT2D eigenvalue weighted by Crippen LogP contribution is 2.32. The average molecular weight is 261 g/mol. The summed E-state index contributed by atoms with van der Waals surface area (Å²) in [5.41, 5.74) is 2.19. The molecule has 0 aliphatic rings. The Bertz CT molecular complexity index is 554. The number of H-pyrrole nitrogens is 1. The van der Waals surface area contributed by atoms with E-state index in [4.69, 9.17) is 10.1 Å². The number of aromatic amines is 1. The Hall–Kier alpha value is -1.55. The van der Waals surface area contributed by atoms with Gasteiger partial charge in [0, 0.05) is 37.3 Å². The maximum Gasteiger partial charge on any atom is 0.139 e. The molecule has 2 rings (SSSR count). The summed E-state index contributed by atoms with van der Waals surface area (Å²) in [7, 11) is 2.03. The van der Waals surface area contributed by atoms with E-state index in [1.807, 2.05) is 13.2 Å². The first-order chi connectivity index (χ1) is 8.93. The molecule has 0 radical (unpaired) electrons. The molecule has 0 spiro atoms. The quantitative estimate of drug-likeness (QED) is 0.889. The lowest BCUT2D eigenvalue weighted by Gasteiger charge is -2.27. The van der Waals surface area contributed by atoms with Crippen LogP contribution in [0.2, 0.25) is 0 Å². The largest absolute Gasteiger partial charge is 0.396 e. The van der Waals surface area contributed by atoms with Gasteiger partial charge in [0.15, 0.2) is 0 Å². The number of anilines is 1. The van der Waals surface area contributed by atoms with Crippen LogP contribution < -0.4 is 4.90 Å². The van der Waals surface area contributed by atoms with Gasteiger partial charge in [-0.15, -0.1) is 0 Å². The van der Waals surface area contributed by atoms with Crippen LogP contribution in [0.15, 0.2) is 18.3 Å². The van der Waals surface area contributed by atoms with Gasteiger partial charge >= 0.3 is 0 Å². The molecular formula is C15H23N3O. The Morgan fingerprint density at radius 1 is 1.37 bits per heavy atom. The average Bonchev–Trinajstić information content (AvgIpc) is 2.80. The number of nitrogens with one attached hydrogen (secondary N) is 1. The summed E-state index contributed by atoms with van der Waals surface area (Å²) in [6.07, 6.45) is 2.67. The Labute approximate surface area is 114 Å². The number of aromatic nitrogens is 2. The van der Waals surface area contributed by atoms with Crippen molar-refractivity contribution < 1.29 is 5.11 Å². The molecule has 2 N–H and O–H groups in total. The van der Waals surface area contributed by atoms with Gasteiger partial charge in [-0.25, -0.2) is 4.98 Å². The van der Waals surface area contributed by atoms with Crippen molar-refractivity contribution >= 4 is 16.9 Å². The smallest absolute Gasteiger partial charge is 0.139 e. The van der Waals surface area contributed by atoms with Gasteiger partial charge in [0.05, 0.1) is 0 Å². The number of aliphatic hydroxyl groups excluding tert-OH is 1. The summed E-state index contributed by atoms with van der Waals surface area (Å²) >= 11 is 0. The number of rotatable bonds is 4. The predicted octanol–water partition coefficient (Wildman–Crippen LogP) is 2.68. The SMILES string of the molecule is CN(CCCO)c1nc2[nH]ccc2cc1C(C)(C)C. The van der Waals surface area contributed by atoms with Crippen LogP contribution in [0.3, 0.4) is 0 Å². The van der Waals surface area contributed by atoms with Crippen molar-refractivity contribution in [2.24, 2.45) is 0 Å². The third-order valence-corrected chi connectivity index (χ3v) is 3.34. The van der Waals surface area contributed by atoms with E-state index < -0.39 is 0 Å². The molecule has 0 atom stereocenters. The minimum absolute atomic E-state index is 0.0429. The topological polar surface area (TPSA) is 52.1 Å². The number of aliphatic hydroxyl groups is 1. The van der Waals surface area contributed by atoms with Crippen LogP contribution in [-0.4, -0.2) is 35.3 Å². The van der Waals surface area contributed by atoms with E-state index in [9.17, 15) is 0 Å². The summed E-state index contributed by atoms with van der Waals surface area (Å²) in [6.45, 7) is 7.61. The van der Waals surface area contributed by atoms with Crippen LogP contribution in [0.4, 0.5) is 5.82 Å². The van der Waals surface area contributed by atoms with Crippen LogP contribution >= 0.6 is 0 Å². The molecule has 2 aromatic heterocycles. The molecule has 0 amide bonds. The summed E-state index contributed by atoms with van der Waals surface area (Å²) < 4.78 is 0. The predicted molar refractivity (Wildman–Crippen MR) is 79.8 cm³/mol. The minimum atomic E-state index is 0.0429. The van der Waals surface area contributed by atoms with Gasteiger partial charge in [-0.3, -0.25) is 0 Å². The molecule has 0 aliphatic carbocycles. The molecule has 2 heterocycles. The monoisotopic (exact) mass is 261 g/mol. The molecule has 0 aliphatic heterocycles. The van der Waals surface area contributed by atoms with Crippen molar-refractivity contribution in [3.05, 3.63) is 23.9 Å². The second kappa shape index (κ2) is 5.21. The molecule has 4 heteroatoms. The fourth-order valence-electron chi connectivity index (χ4n) is 2.23. The van der Waals surface area contributed by atoms with E-state index in [0.29, 0.717) is 0 Å². The molecule has 0 saturated heterocycles. The van der Waals surface area contributed by atoms with E-state index in [2.05, 4.69) is 42.8 Å². The highest BCUT2D eigenvalue weighted by Gasteiger charge is 2.22. The first-order valence-electron chi connectivity index (χ1n) is 6.74. The second-order valence-corrected chi connectivity index (χ2v) is 6.02. The minimum Gasteiger partial charge on any atom is -0.396 e. The van der Waals surface area contributed by atoms with Crippen molar-refractivity contribution in [1.29, 1.82) is 0 Å². The Balaban J connectivity index is 2.49. The van der Waals surface area contributed by atoms with Gasteiger partial charge in [0.2, 0.25) is 0 Å². The van der Waals surface area contributed by atoms with Gasteiger partial charge in [-0.05, 0) is 24.0 Å². The zero-order valence-corrected chi connectivity index (χ0v) is 12.2. The zero-order chi connectivity index (χ0) is 14.0. The second-order valence-electron chi connectivity index (χ2n) is 6.02. The normalized spacial score (nSPS) is 12.1. The molecule has 0 saturated carbocycles. The summed E-state index contributed by atoms with van der Waals surface area (Å²) in [5.74, 6) is 0.996. The van der Waals surface area contributed by atoms with Gasteiger partial charge < -0.3 is 15.0 Å². The maximum atomic E-state index is 8.98. The zero-order valence-electron chi connectivity index (χ0n) is 12.2. The summed E-state index contributed by atoms with van der Waals surface area (Å²) in [4.78, 5) is 10.0. The fraction of sp³-hybridized carbons (Fsp3) is 0.533. The van der Waals surface area contributed by atoms with Crippen LogP contribution in [0.5, 0.6) is 0 Å². The lowest BCUT2D eigenvalue weighted by Crippen LogP contribution is -2.25. The third-order valence-electron chi connectivity index (χ3n) is 3.34. The molecule has 0 aromatic carbocycles. The van der Waals surface area contributed by atoms with Crippen LogP contribution in [0, 0.1) is 0 Å². The number of hydrogen-bond acceptors (Lipinski definition) is 3. The van der Waals surface area contributed by atoms with Crippen molar-refractivity contribution in [1.82, 2.24) is 9.97 Å². The molecule has 19 heavy (non-hydrogen) atoms. The lowest BCUT2D eigenvalue weighted by molar-refractivity contribution is 0.290. The van der Waals surface area contributed by atoms with Gasteiger partial charge in [0.25, 0.3) is 0 Å². The van der Waals surface area contributed by atoms with Crippen LogP contribution in [0.1, 0.15) is 32.8 Å². The van der Waals surface area contributed by atoms with Gasteiger partial charge in [-0.2, -0.15) is 0 Å². The molecule has 0 fully saturated rings. The Morgan fingerprint density at radius 2 is 2.11 bits per heavy atom. The fourth-order valence-corrected chi connectivity index (χ4v) is 2.23. The molecule has 4 nitrogen and oxygen atoms in total. The van der Waals surface area contributed by atoms with Crippen molar-refractivity contribution in [2.75, 3.05) is 25.1 Å². The van der Waals surface area contributed by atoms with Gasteiger partial charge in [-0.1, -0.05) is 20.8 Å². The van der Waals surface area contributed by atoms with Crippen molar-refractivity contribution in [2.45, 2.75) is 32.6 Å². The number of nitrogens with zero attached hydrogens (tertiary/aromatic N) is 2. The van der Waals surface area contributed by atoms with E-state index in [-0.39, 0.29) is 12.0 Å². The van der Waals surface area contributed by atoms with Gasteiger partial charge in [0.1, 0.15) is 11.5 Å². The molecule has 104 valence electrons. The first-order valence-corrected chi connectivity index (χ1v) is 6.74. The first kappa shape index (κ1) is 13.9. The number of fused-ring (bicyclic) bond motifs is 1. The van der Waals surface area contributed by atoms with Crippen molar-refractivity contribution in [3.63, 3.8) is 0 Å². The standard InChI is InChI=1S/C15H23N3O/c1-15(2,3)12-10-11-6-7-16-13(11)17-14(12)18(4)8-5-9-19/h6-7,10,19H,5,8-9H2,1-4H3,(H,16,17).